The zero-order valence-corrected chi connectivity index (χ0v) is 9.95. The van der Waals surface area contributed by atoms with Crippen molar-refractivity contribution in [3.8, 4) is 16.9 Å². The number of nitrogens with zero attached hydrogens (tertiary/aromatic N) is 1. The topological polar surface area (TPSA) is 63.9 Å². The van der Waals surface area contributed by atoms with Crippen molar-refractivity contribution in [2.75, 3.05) is 5.73 Å². The second-order valence-corrected chi connectivity index (χ2v) is 5.03. The molecule has 1 aliphatic rings. The standard InChI is InChI=1S/C13H15N3O/c1-13(2)6-8-4-3-5-9(11(8)17-13)10-7-15-16-12(10)14/h3-5,7H,6H2,1-2H3,(H3,14,15,16). The Hall–Kier alpha value is -1.97. The summed E-state index contributed by atoms with van der Waals surface area (Å²) in [4.78, 5) is 0. The van der Waals surface area contributed by atoms with Crippen LogP contribution in [0, 0.1) is 0 Å². The molecule has 1 aromatic carbocycles. The molecule has 2 aromatic rings. The number of nitrogen functional groups attached to an aromatic ring is 1. The Morgan fingerprint density at radius 1 is 1.35 bits per heavy atom. The Morgan fingerprint density at radius 3 is 2.88 bits per heavy atom. The van der Waals surface area contributed by atoms with Gasteiger partial charge in [-0.15, -0.1) is 0 Å². The predicted molar refractivity (Wildman–Crippen MR) is 66.8 cm³/mol. The van der Waals surface area contributed by atoms with E-state index in [2.05, 4.69) is 30.1 Å². The van der Waals surface area contributed by atoms with E-state index in [1.54, 1.807) is 6.20 Å². The average molecular weight is 229 g/mol. The summed E-state index contributed by atoms with van der Waals surface area (Å²) in [5.74, 6) is 1.51. The highest BCUT2D eigenvalue weighted by atomic mass is 16.5. The van der Waals surface area contributed by atoms with Gasteiger partial charge < -0.3 is 10.5 Å². The first-order valence-electron chi connectivity index (χ1n) is 5.67. The van der Waals surface area contributed by atoms with Gasteiger partial charge in [0.2, 0.25) is 0 Å². The van der Waals surface area contributed by atoms with Crippen LogP contribution in [0.1, 0.15) is 19.4 Å². The van der Waals surface area contributed by atoms with Gasteiger partial charge in [-0.05, 0) is 19.4 Å². The number of aromatic nitrogens is 2. The molecule has 3 N–H and O–H groups in total. The van der Waals surface area contributed by atoms with Crippen LogP contribution in [0.4, 0.5) is 5.82 Å². The summed E-state index contributed by atoms with van der Waals surface area (Å²) in [7, 11) is 0. The average Bonchev–Trinajstić information content (AvgIpc) is 2.78. The molecular weight excluding hydrogens is 214 g/mol. The number of ether oxygens (including phenoxy) is 1. The van der Waals surface area contributed by atoms with Crippen molar-refractivity contribution in [1.82, 2.24) is 10.2 Å². The normalized spacial score (nSPS) is 16.6. The molecule has 0 saturated heterocycles. The first kappa shape index (κ1) is 10.2. The molecular formula is C13H15N3O. The molecule has 2 heterocycles. The number of anilines is 1. The summed E-state index contributed by atoms with van der Waals surface area (Å²) in [6, 6.07) is 6.15. The van der Waals surface area contributed by atoms with Gasteiger partial charge >= 0.3 is 0 Å². The molecule has 1 aliphatic heterocycles. The predicted octanol–water partition coefficient (Wildman–Crippen LogP) is 2.37. The molecule has 4 heteroatoms. The fraction of sp³-hybridized carbons (Fsp3) is 0.308. The molecule has 0 aliphatic carbocycles. The molecule has 1 aromatic heterocycles. The van der Waals surface area contributed by atoms with Gasteiger partial charge in [0.15, 0.2) is 0 Å². The first-order valence-corrected chi connectivity index (χ1v) is 5.67. The summed E-state index contributed by atoms with van der Waals surface area (Å²) in [5.41, 5.74) is 8.86. The SMILES string of the molecule is CC1(C)Cc2cccc(-c3cn[nH]c3N)c2O1. The van der Waals surface area contributed by atoms with E-state index in [1.807, 2.05) is 12.1 Å². The van der Waals surface area contributed by atoms with Gasteiger partial charge in [0.05, 0.1) is 6.20 Å². The Balaban J connectivity index is 2.16. The smallest absolute Gasteiger partial charge is 0.131 e. The molecule has 0 unspecified atom stereocenters. The molecule has 0 fully saturated rings. The Kier molecular flexibility index (Phi) is 1.96. The van der Waals surface area contributed by atoms with E-state index in [0.717, 1.165) is 23.3 Å². The number of fused-ring (bicyclic) bond motifs is 1. The second kappa shape index (κ2) is 3.26. The highest BCUT2D eigenvalue weighted by molar-refractivity contribution is 5.79. The summed E-state index contributed by atoms with van der Waals surface area (Å²) in [6.45, 7) is 4.19. The van der Waals surface area contributed by atoms with Crippen molar-refractivity contribution in [2.45, 2.75) is 25.9 Å². The minimum atomic E-state index is -0.142. The van der Waals surface area contributed by atoms with Gasteiger partial charge in [-0.1, -0.05) is 18.2 Å². The molecule has 0 saturated carbocycles. The van der Waals surface area contributed by atoms with Crippen LogP contribution in [-0.2, 0) is 6.42 Å². The second-order valence-electron chi connectivity index (χ2n) is 5.03. The fourth-order valence-electron chi connectivity index (χ4n) is 2.34. The molecule has 3 rings (SSSR count). The number of nitrogens with one attached hydrogen (secondary N) is 1. The van der Waals surface area contributed by atoms with E-state index in [4.69, 9.17) is 10.5 Å². The van der Waals surface area contributed by atoms with Crippen LogP contribution in [0.5, 0.6) is 5.75 Å². The first-order chi connectivity index (χ1) is 8.07. The number of H-pyrrole nitrogens is 1. The van der Waals surface area contributed by atoms with E-state index in [0.29, 0.717) is 5.82 Å². The van der Waals surface area contributed by atoms with Gasteiger partial charge in [0.25, 0.3) is 0 Å². The third kappa shape index (κ3) is 1.56. The van der Waals surface area contributed by atoms with Crippen LogP contribution in [0.2, 0.25) is 0 Å². The van der Waals surface area contributed by atoms with Crippen LogP contribution in [-0.4, -0.2) is 15.8 Å². The number of hydrogen-bond donors (Lipinski definition) is 2. The van der Waals surface area contributed by atoms with E-state index < -0.39 is 0 Å². The lowest BCUT2D eigenvalue weighted by Crippen LogP contribution is -2.24. The van der Waals surface area contributed by atoms with Crippen LogP contribution in [0.15, 0.2) is 24.4 Å². The third-order valence-corrected chi connectivity index (χ3v) is 3.05. The lowest BCUT2D eigenvalue weighted by atomic mass is 9.99. The number of hydrogen-bond acceptors (Lipinski definition) is 3. The third-order valence-electron chi connectivity index (χ3n) is 3.05. The summed E-state index contributed by atoms with van der Waals surface area (Å²) in [6.07, 6.45) is 2.66. The maximum Gasteiger partial charge on any atom is 0.131 e. The summed E-state index contributed by atoms with van der Waals surface area (Å²) < 4.78 is 6.01. The fourth-order valence-corrected chi connectivity index (χ4v) is 2.34. The summed E-state index contributed by atoms with van der Waals surface area (Å²) in [5, 5.41) is 6.71. The van der Waals surface area contributed by atoms with E-state index >= 15 is 0 Å². The van der Waals surface area contributed by atoms with Crippen LogP contribution in [0.25, 0.3) is 11.1 Å². The van der Waals surface area contributed by atoms with Crippen molar-refractivity contribution in [3.05, 3.63) is 30.0 Å². The minimum Gasteiger partial charge on any atom is -0.487 e. The van der Waals surface area contributed by atoms with E-state index in [9.17, 15) is 0 Å². The van der Waals surface area contributed by atoms with Crippen molar-refractivity contribution < 1.29 is 4.74 Å². The highest BCUT2D eigenvalue weighted by Crippen LogP contribution is 2.43. The molecule has 0 spiro atoms. The number of nitrogens with two attached hydrogens (primary N) is 1. The Bertz CT molecular complexity index is 572. The van der Waals surface area contributed by atoms with E-state index in [-0.39, 0.29) is 5.60 Å². The van der Waals surface area contributed by atoms with Crippen molar-refractivity contribution >= 4 is 5.82 Å². The number of para-hydroxylation sites is 1. The molecule has 88 valence electrons. The summed E-state index contributed by atoms with van der Waals surface area (Å²) >= 11 is 0. The van der Waals surface area contributed by atoms with Gasteiger partial charge in [0, 0.05) is 17.5 Å². The lowest BCUT2D eigenvalue weighted by Gasteiger charge is -2.18. The quantitative estimate of drug-likeness (QED) is 0.789. The van der Waals surface area contributed by atoms with Crippen LogP contribution in [0.3, 0.4) is 0 Å². The highest BCUT2D eigenvalue weighted by Gasteiger charge is 2.32. The van der Waals surface area contributed by atoms with Crippen molar-refractivity contribution in [1.29, 1.82) is 0 Å². The van der Waals surface area contributed by atoms with Crippen LogP contribution < -0.4 is 10.5 Å². The molecule has 17 heavy (non-hydrogen) atoms. The maximum atomic E-state index is 6.01. The van der Waals surface area contributed by atoms with Gasteiger partial charge in [-0.2, -0.15) is 5.10 Å². The molecule has 4 nitrogen and oxygen atoms in total. The zero-order chi connectivity index (χ0) is 12.0. The van der Waals surface area contributed by atoms with E-state index in [1.165, 1.54) is 5.56 Å². The van der Waals surface area contributed by atoms with Gasteiger partial charge in [0.1, 0.15) is 17.2 Å². The minimum absolute atomic E-state index is 0.142. The molecule has 0 radical (unpaired) electrons. The largest absolute Gasteiger partial charge is 0.487 e. The maximum absolute atomic E-state index is 6.01. The Labute approximate surface area is 99.8 Å². The Morgan fingerprint density at radius 2 is 2.18 bits per heavy atom. The lowest BCUT2D eigenvalue weighted by molar-refractivity contribution is 0.139. The van der Waals surface area contributed by atoms with Crippen LogP contribution >= 0.6 is 0 Å². The zero-order valence-electron chi connectivity index (χ0n) is 9.95. The number of rotatable bonds is 1. The van der Waals surface area contributed by atoms with Crippen molar-refractivity contribution in [2.24, 2.45) is 0 Å². The molecule has 0 amide bonds. The number of benzene rings is 1. The molecule has 0 bridgehead atoms. The monoisotopic (exact) mass is 229 g/mol. The van der Waals surface area contributed by atoms with Gasteiger partial charge in [-0.25, -0.2) is 0 Å². The number of aromatic amines is 1. The van der Waals surface area contributed by atoms with Gasteiger partial charge in [-0.3, -0.25) is 5.10 Å². The molecule has 0 atom stereocenters. The van der Waals surface area contributed by atoms with Crippen molar-refractivity contribution in [3.63, 3.8) is 0 Å².